The molecule has 4 nitrogen and oxygen atoms in total. The third kappa shape index (κ3) is 12.9. The molecule has 0 aliphatic rings. The Morgan fingerprint density at radius 2 is 1.46 bits per heavy atom. The quantitative estimate of drug-likeness (QED) is 0.175. The summed E-state index contributed by atoms with van der Waals surface area (Å²) in [6.07, 6.45) is 12.5. The second-order valence-electron chi connectivity index (χ2n) is 9.79. The monoisotopic (exact) mass is 416 g/mol. The number of unbranched alkanes of at least 4 members (excludes halogenated alkanes) is 8. The van der Waals surface area contributed by atoms with Gasteiger partial charge in [-0.1, -0.05) is 85.5 Å². The highest BCUT2D eigenvalue weighted by molar-refractivity contribution is 6.74. The Bertz CT molecular complexity index is 404. The predicted molar refractivity (Wildman–Crippen MR) is 121 cm³/mol. The van der Waals surface area contributed by atoms with E-state index in [0.29, 0.717) is 6.42 Å². The molecule has 0 bridgehead atoms. The molecule has 5 heteroatoms. The Labute approximate surface area is 175 Å². The number of ether oxygens (including phenoxy) is 1. The molecular formula is C23H48O4Si. The van der Waals surface area contributed by atoms with Gasteiger partial charge in [0.15, 0.2) is 8.32 Å². The van der Waals surface area contributed by atoms with E-state index in [0.717, 1.165) is 12.8 Å². The van der Waals surface area contributed by atoms with Crippen molar-refractivity contribution in [3.63, 3.8) is 0 Å². The number of rotatable bonds is 16. The van der Waals surface area contributed by atoms with E-state index in [2.05, 4.69) is 45.5 Å². The van der Waals surface area contributed by atoms with Gasteiger partial charge < -0.3 is 14.3 Å². The van der Waals surface area contributed by atoms with Crippen molar-refractivity contribution in [1.82, 2.24) is 0 Å². The number of esters is 1. The van der Waals surface area contributed by atoms with Crippen molar-refractivity contribution in [3.8, 4) is 0 Å². The van der Waals surface area contributed by atoms with Crippen molar-refractivity contribution in [3.05, 3.63) is 0 Å². The Morgan fingerprint density at radius 3 is 1.93 bits per heavy atom. The summed E-state index contributed by atoms with van der Waals surface area (Å²) < 4.78 is 11.3. The van der Waals surface area contributed by atoms with Gasteiger partial charge in [-0.25, -0.2) is 0 Å². The van der Waals surface area contributed by atoms with Crippen LogP contribution >= 0.6 is 0 Å². The zero-order valence-corrected chi connectivity index (χ0v) is 20.8. The summed E-state index contributed by atoms with van der Waals surface area (Å²) in [6, 6.07) is 0. The van der Waals surface area contributed by atoms with Gasteiger partial charge in [-0.05, 0) is 31.0 Å². The van der Waals surface area contributed by atoms with Gasteiger partial charge in [0.2, 0.25) is 0 Å². The SMILES string of the molecule is CCCCCCCCCCC[C@@H](C[C@H](O)CC(=O)OC)O[Si](C)(C)C(C)(C)C. The number of carbonyl (C=O) groups excluding carboxylic acids is 1. The van der Waals surface area contributed by atoms with Crippen molar-refractivity contribution in [1.29, 1.82) is 0 Å². The maximum Gasteiger partial charge on any atom is 0.308 e. The fourth-order valence-corrected chi connectivity index (χ4v) is 4.56. The minimum Gasteiger partial charge on any atom is -0.469 e. The fourth-order valence-electron chi connectivity index (χ4n) is 3.16. The standard InChI is InChI=1S/C23H48O4Si/c1-8-9-10-11-12-13-14-15-16-17-21(18-20(24)19-22(25)26-5)27-28(6,7)23(2,3)4/h20-21,24H,8-19H2,1-7H3/t20-,21-/m0/s1. The van der Waals surface area contributed by atoms with Crippen LogP contribution in [0.25, 0.3) is 0 Å². The van der Waals surface area contributed by atoms with Crippen LogP contribution in [-0.4, -0.2) is 38.7 Å². The molecule has 0 aromatic heterocycles. The summed E-state index contributed by atoms with van der Waals surface area (Å²) in [7, 11) is -0.542. The van der Waals surface area contributed by atoms with E-state index in [-0.39, 0.29) is 23.5 Å². The van der Waals surface area contributed by atoms with E-state index >= 15 is 0 Å². The van der Waals surface area contributed by atoms with E-state index < -0.39 is 14.4 Å². The predicted octanol–water partition coefficient (Wildman–Crippen LogP) is 6.61. The van der Waals surface area contributed by atoms with E-state index in [9.17, 15) is 9.90 Å². The Kier molecular flexibility index (Phi) is 14.4. The van der Waals surface area contributed by atoms with Crippen LogP contribution < -0.4 is 0 Å². The lowest BCUT2D eigenvalue weighted by Crippen LogP contribution is -2.44. The fraction of sp³-hybridized carbons (Fsp3) is 0.957. The number of methoxy groups -OCH3 is 1. The van der Waals surface area contributed by atoms with Gasteiger partial charge in [0, 0.05) is 6.10 Å². The van der Waals surface area contributed by atoms with Crippen molar-refractivity contribution in [2.75, 3.05) is 7.11 Å². The first-order valence-corrected chi connectivity index (χ1v) is 14.4. The normalized spacial score (nSPS) is 14.7. The summed E-state index contributed by atoms with van der Waals surface area (Å²) in [5.74, 6) is -0.360. The smallest absolute Gasteiger partial charge is 0.308 e. The lowest BCUT2D eigenvalue weighted by molar-refractivity contribution is -0.143. The molecule has 0 saturated heterocycles. The largest absolute Gasteiger partial charge is 0.469 e. The van der Waals surface area contributed by atoms with Crippen LogP contribution in [0.3, 0.4) is 0 Å². The molecule has 0 radical (unpaired) electrons. The molecular weight excluding hydrogens is 368 g/mol. The Hall–Kier alpha value is -0.393. The van der Waals surface area contributed by atoms with Crippen LogP contribution in [0.2, 0.25) is 18.1 Å². The summed E-state index contributed by atoms with van der Waals surface area (Å²) in [5.41, 5.74) is 0. The van der Waals surface area contributed by atoms with Gasteiger partial charge in [0.05, 0.1) is 19.6 Å². The highest BCUT2D eigenvalue weighted by Gasteiger charge is 2.39. The van der Waals surface area contributed by atoms with Gasteiger partial charge >= 0.3 is 5.97 Å². The summed E-state index contributed by atoms with van der Waals surface area (Å²) in [6.45, 7) is 13.5. The van der Waals surface area contributed by atoms with E-state index in [1.807, 2.05) is 0 Å². The molecule has 0 rings (SSSR count). The topological polar surface area (TPSA) is 55.8 Å². The third-order valence-corrected chi connectivity index (χ3v) is 10.6. The number of aliphatic hydroxyl groups excluding tert-OH is 1. The van der Waals surface area contributed by atoms with Crippen LogP contribution in [0, 0.1) is 0 Å². The first-order valence-electron chi connectivity index (χ1n) is 11.5. The zero-order chi connectivity index (χ0) is 21.6. The van der Waals surface area contributed by atoms with Crippen molar-refractivity contribution in [2.45, 2.75) is 135 Å². The summed E-state index contributed by atoms with van der Waals surface area (Å²) >= 11 is 0. The molecule has 0 aliphatic carbocycles. The second-order valence-corrected chi connectivity index (χ2v) is 14.5. The number of hydrogen-bond donors (Lipinski definition) is 1. The molecule has 28 heavy (non-hydrogen) atoms. The lowest BCUT2D eigenvalue weighted by atomic mass is 10.0. The second kappa shape index (κ2) is 14.6. The Morgan fingerprint density at radius 1 is 0.964 bits per heavy atom. The number of hydrogen-bond acceptors (Lipinski definition) is 4. The molecule has 0 aromatic rings. The lowest BCUT2D eigenvalue weighted by Gasteiger charge is -2.40. The van der Waals surface area contributed by atoms with Gasteiger partial charge in [-0.15, -0.1) is 0 Å². The summed E-state index contributed by atoms with van der Waals surface area (Å²) in [5, 5.41) is 10.4. The maximum absolute atomic E-state index is 11.5. The molecule has 0 saturated carbocycles. The average Bonchev–Trinajstić information content (AvgIpc) is 2.58. The highest BCUT2D eigenvalue weighted by atomic mass is 28.4. The molecule has 0 amide bonds. The molecule has 2 atom stereocenters. The van der Waals surface area contributed by atoms with Crippen molar-refractivity contribution >= 4 is 14.3 Å². The van der Waals surface area contributed by atoms with E-state index in [1.165, 1.54) is 58.5 Å². The van der Waals surface area contributed by atoms with Crippen LogP contribution in [0.4, 0.5) is 0 Å². The molecule has 168 valence electrons. The number of carbonyl (C=O) groups is 1. The van der Waals surface area contributed by atoms with Gasteiger partial charge in [0.25, 0.3) is 0 Å². The van der Waals surface area contributed by atoms with Crippen LogP contribution in [0.15, 0.2) is 0 Å². The van der Waals surface area contributed by atoms with Crippen molar-refractivity contribution < 1.29 is 19.1 Å². The Balaban J connectivity index is 4.43. The average molecular weight is 417 g/mol. The van der Waals surface area contributed by atoms with Crippen LogP contribution in [0.1, 0.15) is 105 Å². The van der Waals surface area contributed by atoms with Gasteiger partial charge in [-0.2, -0.15) is 0 Å². The maximum atomic E-state index is 11.5. The third-order valence-electron chi connectivity index (χ3n) is 6.06. The molecule has 0 spiro atoms. The number of aliphatic hydroxyl groups is 1. The molecule has 0 heterocycles. The zero-order valence-electron chi connectivity index (χ0n) is 19.8. The first-order chi connectivity index (χ1) is 13.0. The van der Waals surface area contributed by atoms with Crippen molar-refractivity contribution in [2.24, 2.45) is 0 Å². The van der Waals surface area contributed by atoms with E-state index in [1.54, 1.807) is 0 Å². The molecule has 0 aromatic carbocycles. The van der Waals surface area contributed by atoms with Gasteiger partial charge in [-0.3, -0.25) is 4.79 Å². The minimum absolute atomic E-state index is 0.0186. The molecule has 0 fully saturated rings. The minimum atomic E-state index is -1.90. The van der Waals surface area contributed by atoms with E-state index in [4.69, 9.17) is 4.43 Å². The van der Waals surface area contributed by atoms with Crippen LogP contribution in [0.5, 0.6) is 0 Å². The summed E-state index contributed by atoms with van der Waals surface area (Å²) in [4.78, 5) is 11.5. The highest BCUT2D eigenvalue weighted by Crippen LogP contribution is 2.38. The van der Waals surface area contributed by atoms with Crippen LogP contribution in [-0.2, 0) is 14.0 Å². The molecule has 0 unspecified atom stereocenters. The molecule has 0 aliphatic heterocycles. The van der Waals surface area contributed by atoms with Gasteiger partial charge in [0.1, 0.15) is 0 Å². The first kappa shape index (κ1) is 27.6. The molecule has 1 N–H and O–H groups in total.